The largest absolute Gasteiger partial charge is 0.493 e. The van der Waals surface area contributed by atoms with Gasteiger partial charge in [-0.15, -0.1) is 0 Å². The second kappa shape index (κ2) is 9.18. The summed E-state index contributed by atoms with van der Waals surface area (Å²) < 4.78 is 5.69. The molecule has 0 aliphatic rings. The summed E-state index contributed by atoms with van der Waals surface area (Å²) in [5.41, 5.74) is 2.17. The zero-order valence-corrected chi connectivity index (χ0v) is 14.9. The summed E-state index contributed by atoms with van der Waals surface area (Å²) in [5.74, 6) is 0.691. The molecule has 0 spiro atoms. The second-order valence-electron chi connectivity index (χ2n) is 5.68. The lowest BCUT2D eigenvalue weighted by atomic mass is 10.1. The third-order valence-corrected chi connectivity index (χ3v) is 3.83. The highest BCUT2D eigenvalue weighted by Gasteiger charge is 2.16. The van der Waals surface area contributed by atoms with Gasteiger partial charge in [0.2, 0.25) is 11.8 Å². The molecule has 0 aliphatic carbocycles. The fraction of sp³-hybridized carbons (Fsp3) is 0.556. The van der Waals surface area contributed by atoms with E-state index in [0.29, 0.717) is 19.7 Å². The zero-order valence-electron chi connectivity index (χ0n) is 14.9. The number of nitrogens with zero attached hydrogens (tertiary/aromatic N) is 2. The normalized spacial score (nSPS) is 10.3. The Labute approximate surface area is 139 Å². The van der Waals surface area contributed by atoms with Crippen molar-refractivity contribution in [2.24, 2.45) is 0 Å². The van der Waals surface area contributed by atoms with E-state index in [1.807, 2.05) is 45.9 Å². The standard InChI is InChI=1S/C18H28N2O3/c1-6-20(7-2)18(22)13-19(5)17(21)10-11-23-16-12-14(3)8-9-15(16)4/h8-9,12H,6-7,10-11,13H2,1-5H3. The van der Waals surface area contributed by atoms with Gasteiger partial charge in [-0.05, 0) is 44.9 Å². The van der Waals surface area contributed by atoms with Crippen LogP contribution >= 0.6 is 0 Å². The average Bonchev–Trinajstić information content (AvgIpc) is 2.51. The van der Waals surface area contributed by atoms with Gasteiger partial charge >= 0.3 is 0 Å². The number of carbonyl (C=O) groups excluding carboxylic acids is 2. The van der Waals surface area contributed by atoms with Crippen LogP contribution in [0.3, 0.4) is 0 Å². The van der Waals surface area contributed by atoms with Crippen molar-refractivity contribution in [3.63, 3.8) is 0 Å². The van der Waals surface area contributed by atoms with Crippen molar-refractivity contribution in [2.45, 2.75) is 34.1 Å². The summed E-state index contributed by atoms with van der Waals surface area (Å²) in [6, 6.07) is 5.99. The fourth-order valence-electron chi connectivity index (χ4n) is 2.27. The summed E-state index contributed by atoms with van der Waals surface area (Å²) in [5, 5.41) is 0. The number of ether oxygens (including phenoxy) is 1. The maximum Gasteiger partial charge on any atom is 0.242 e. The molecule has 0 bridgehead atoms. The maximum absolute atomic E-state index is 12.1. The van der Waals surface area contributed by atoms with Crippen LogP contribution in [0, 0.1) is 13.8 Å². The number of hydrogen-bond acceptors (Lipinski definition) is 3. The van der Waals surface area contributed by atoms with Crippen LogP contribution in [0.5, 0.6) is 5.75 Å². The number of amides is 2. The molecular weight excluding hydrogens is 292 g/mol. The first kappa shape index (κ1) is 19.0. The number of likely N-dealkylation sites (N-methyl/N-ethyl adjacent to an activating group) is 2. The number of hydrogen-bond donors (Lipinski definition) is 0. The van der Waals surface area contributed by atoms with Crippen LogP contribution < -0.4 is 4.74 Å². The maximum atomic E-state index is 12.1. The molecule has 0 unspecified atom stereocenters. The topological polar surface area (TPSA) is 49.9 Å². The molecule has 1 rings (SSSR count). The van der Waals surface area contributed by atoms with Crippen molar-refractivity contribution >= 4 is 11.8 Å². The SMILES string of the molecule is CCN(CC)C(=O)CN(C)C(=O)CCOc1cc(C)ccc1C. The Morgan fingerprint density at radius 3 is 2.35 bits per heavy atom. The molecule has 2 amide bonds. The Balaban J connectivity index is 2.44. The molecule has 0 aliphatic heterocycles. The van der Waals surface area contributed by atoms with E-state index in [2.05, 4.69) is 0 Å². The molecule has 0 atom stereocenters. The van der Waals surface area contributed by atoms with Crippen LogP contribution in [0.1, 0.15) is 31.4 Å². The summed E-state index contributed by atoms with van der Waals surface area (Å²) in [6.45, 7) is 9.59. The Hall–Kier alpha value is -2.04. The van der Waals surface area contributed by atoms with Crippen molar-refractivity contribution in [2.75, 3.05) is 33.3 Å². The van der Waals surface area contributed by atoms with Crippen molar-refractivity contribution in [1.29, 1.82) is 0 Å². The number of carbonyl (C=O) groups is 2. The Bertz CT molecular complexity index is 539. The van der Waals surface area contributed by atoms with E-state index in [1.165, 1.54) is 4.90 Å². The van der Waals surface area contributed by atoms with E-state index >= 15 is 0 Å². The molecule has 0 N–H and O–H groups in total. The predicted molar refractivity (Wildman–Crippen MR) is 91.6 cm³/mol. The van der Waals surface area contributed by atoms with Gasteiger partial charge in [-0.1, -0.05) is 12.1 Å². The molecule has 0 saturated heterocycles. The van der Waals surface area contributed by atoms with Crippen LogP contribution in [0.4, 0.5) is 0 Å². The molecule has 0 heterocycles. The quantitative estimate of drug-likeness (QED) is 0.739. The number of benzene rings is 1. The van der Waals surface area contributed by atoms with Crippen LogP contribution in [0.25, 0.3) is 0 Å². The second-order valence-corrected chi connectivity index (χ2v) is 5.68. The minimum absolute atomic E-state index is 0.0266. The van der Waals surface area contributed by atoms with Gasteiger partial charge in [0, 0.05) is 20.1 Å². The summed E-state index contributed by atoms with van der Waals surface area (Å²) in [7, 11) is 1.65. The lowest BCUT2D eigenvalue weighted by Crippen LogP contribution is -2.41. The van der Waals surface area contributed by atoms with Crippen LogP contribution in [-0.2, 0) is 9.59 Å². The van der Waals surface area contributed by atoms with Gasteiger partial charge in [0.05, 0.1) is 19.6 Å². The van der Waals surface area contributed by atoms with Gasteiger partial charge in [-0.2, -0.15) is 0 Å². The average molecular weight is 320 g/mol. The fourth-order valence-corrected chi connectivity index (χ4v) is 2.27. The Morgan fingerprint density at radius 1 is 1.09 bits per heavy atom. The monoisotopic (exact) mass is 320 g/mol. The summed E-state index contributed by atoms with van der Waals surface area (Å²) in [4.78, 5) is 27.3. The molecule has 5 heteroatoms. The molecule has 0 aromatic heterocycles. The molecule has 0 fully saturated rings. The highest BCUT2D eigenvalue weighted by Crippen LogP contribution is 2.19. The molecule has 0 saturated carbocycles. The highest BCUT2D eigenvalue weighted by molar-refractivity contribution is 5.84. The van der Waals surface area contributed by atoms with E-state index in [0.717, 1.165) is 16.9 Å². The third-order valence-electron chi connectivity index (χ3n) is 3.83. The molecule has 23 heavy (non-hydrogen) atoms. The van der Waals surface area contributed by atoms with Gasteiger partial charge < -0.3 is 14.5 Å². The van der Waals surface area contributed by atoms with Gasteiger partial charge in [0.1, 0.15) is 5.75 Å². The van der Waals surface area contributed by atoms with Crippen molar-refractivity contribution < 1.29 is 14.3 Å². The van der Waals surface area contributed by atoms with Gasteiger partial charge in [0.25, 0.3) is 0 Å². The third kappa shape index (κ3) is 5.93. The highest BCUT2D eigenvalue weighted by atomic mass is 16.5. The van der Waals surface area contributed by atoms with Crippen LogP contribution in [0.2, 0.25) is 0 Å². The molecule has 0 radical (unpaired) electrons. The minimum atomic E-state index is -0.0872. The van der Waals surface area contributed by atoms with Crippen LogP contribution in [-0.4, -0.2) is 54.9 Å². The van der Waals surface area contributed by atoms with Gasteiger partial charge in [0.15, 0.2) is 0 Å². The Morgan fingerprint density at radius 2 is 1.74 bits per heavy atom. The van der Waals surface area contributed by atoms with Crippen LogP contribution in [0.15, 0.2) is 18.2 Å². The molecule has 1 aromatic carbocycles. The molecule has 1 aromatic rings. The summed E-state index contributed by atoms with van der Waals surface area (Å²) in [6.07, 6.45) is 0.259. The predicted octanol–water partition coefficient (Wildman–Crippen LogP) is 2.40. The van der Waals surface area contributed by atoms with E-state index in [-0.39, 0.29) is 24.8 Å². The van der Waals surface area contributed by atoms with Gasteiger partial charge in [-0.3, -0.25) is 9.59 Å². The first-order valence-electron chi connectivity index (χ1n) is 8.10. The first-order chi connectivity index (χ1) is 10.9. The van der Waals surface area contributed by atoms with Crippen molar-refractivity contribution in [1.82, 2.24) is 9.80 Å². The lowest BCUT2D eigenvalue weighted by molar-refractivity contribution is -0.139. The van der Waals surface area contributed by atoms with E-state index in [1.54, 1.807) is 11.9 Å². The number of aryl methyl sites for hydroxylation is 2. The lowest BCUT2D eigenvalue weighted by Gasteiger charge is -2.23. The van der Waals surface area contributed by atoms with E-state index in [4.69, 9.17) is 4.74 Å². The molecule has 128 valence electrons. The van der Waals surface area contributed by atoms with E-state index < -0.39 is 0 Å². The molecule has 5 nitrogen and oxygen atoms in total. The number of rotatable bonds is 8. The smallest absolute Gasteiger partial charge is 0.242 e. The van der Waals surface area contributed by atoms with Crippen molar-refractivity contribution in [3.8, 4) is 5.75 Å². The zero-order chi connectivity index (χ0) is 17.4. The van der Waals surface area contributed by atoms with Crippen molar-refractivity contribution in [3.05, 3.63) is 29.3 Å². The van der Waals surface area contributed by atoms with Gasteiger partial charge in [-0.25, -0.2) is 0 Å². The molecular formula is C18H28N2O3. The van der Waals surface area contributed by atoms with E-state index in [9.17, 15) is 9.59 Å². The first-order valence-corrected chi connectivity index (χ1v) is 8.10. The summed E-state index contributed by atoms with van der Waals surface area (Å²) >= 11 is 0. The Kier molecular flexibility index (Phi) is 7.59. The minimum Gasteiger partial charge on any atom is -0.493 e.